The number of rotatable bonds is 6. The molecule has 74 heavy (non-hydrogen) atoms. The molecule has 0 heterocycles. The van der Waals surface area contributed by atoms with Crippen LogP contribution in [0.5, 0.6) is 0 Å². The third kappa shape index (κ3) is 8.34. The van der Waals surface area contributed by atoms with Crippen molar-refractivity contribution in [1.29, 1.82) is 0 Å². The molecule has 2 heteroatoms. The monoisotopic (exact) mass is 969 g/mol. The van der Waals surface area contributed by atoms with Crippen molar-refractivity contribution in [2.45, 2.75) is 143 Å². The minimum Gasteiger partial charge on any atom is -0.310 e. The summed E-state index contributed by atoms with van der Waals surface area (Å²) >= 11 is 0. The molecule has 9 aromatic rings. The van der Waals surface area contributed by atoms with Crippen molar-refractivity contribution < 1.29 is 0 Å². The van der Waals surface area contributed by atoms with Crippen LogP contribution in [-0.4, -0.2) is 0 Å². The minimum atomic E-state index is -0.181. The quantitative estimate of drug-likeness (QED) is 0.164. The molecule has 0 saturated heterocycles. The van der Waals surface area contributed by atoms with Crippen molar-refractivity contribution in [3.63, 3.8) is 0 Å². The maximum atomic E-state index is 2.57. The molecule has 0 aromatic heterocycles. The average molecular weight is 969 g/mol. The van der Waals surface area contributed by atoms with E-state index in [-0.39, 0.29) is 32.5 Å². The number of nitrogens with zero attached hydrogens (tertiary/aromatic N) is 2. The van der Waals surface area contributed by atoms with Gasteiger partial charge < -0.3 is 9.80 Å². The zero-order valence-electron chi connectivity index (χ0n) is 47.1. The van der Waals surface area contributed by atoms with Gasteiger partial charge in [-0.15, -0.1) is 0 Å². The molecule has 0 aliphatic heterocycles. The van der Waals surface area contributed by atoms with Gasteiger partial charge in [-0.3, -0.25) is 0 Å². The number of benzene rings is 9. The Labute approximate surface area is 443 Å². The molecule has 0 atom stereocenters. The second-order valence-corrected chi connectivity index (χ2v) is 26.9. The van der Waals surface area contributed by atoms with E-state index in [1.54, 1.807) is 0 Å². The Kier molecular flexibility index (Phi) is 11.2. The van der Waals surface area contributed by atoms with Crippen LogP contribution in [0, 0.1) is 0 Å². The Morgan fingerprint density at radius 3 is 0.757 bits per heavy atom. The second-order valence-electron chi connectivity index (χ2n) is 26.9. The summed E-state index contributed by atoms with van der Waals surface area (Å²) in [7, 11) is 0. The summed E-state index contributed by atoms with van der Waals surface area (Å²) in [6, 6.07) is 65.9. The van der Waals surface area contributed by atoms with Gasteiger partial charge in [-0.05, 0) is 213 Å². The Hall–Kier alpha value is -6.90. The number of hydrogen-bond donors (Lipinski definition) is 0. The van der Waals surface area contributed by atoms with Gasteiger partial charge in [-0.2, -0.15) is 0 Å². The molecule has 0 unspecified atom stereocenters. The molecule has 9 aromatic carbocycles. The highest BCUT2D eigenvalue weighted by Crippen LogP contribution is 2.57. The molecule has 0 N–H and O–H groups in total. The first kappa shape index (κ1) is 49.3. The SMILES string of the molecule is CC(C)(C)c1ccc(N(c2ccc(C(C)(C)C)cc2)c2ccc3cc4c(cc3c2)C(C)(C)c2cc3c(cc2-4)-c2cc4ccc(N(c5ccc(C(C)(C)C)cc5)c5ccc(C(C)(C)C)cc5)cc4cc2C3(C)C)cc1. The molecule has 0 fully saturated rings. The van der Waals surface area contributed by atoms with E-state index in [1.807, 2.05) is 0 Å². The minimum absolute atomic E-state index is 0.0770. The standard InChI is InChI=1S/C72H76N2/c1-67(2,3)49-19-29-53(30-20-49)73(54-31-21-50(22-32-54)68(4,5)6)57-27-17-45-39-59-61-43-62-60-40-46-18-28-58(74(55-33-23-51(24-34-55)69(7,8)9)56-35-25-52(26-36-56)70(10,11)12)38-48(46)42-64(60)72(15,16)66(62)44-65(61)71(13,14)63(59)41-47(45)37-57/h17-44H,1-16H3. The summed E-state index contributed by atoms with van der Waals surface area (Å²) < 4.78 is 0. The summed E-state index contributed by atoms with van der Waals surface area (Å²) in [6.07, 6.45) is 0. The topological polar surface area (TPSA) is 6.48 Å². The zero-order chi connectivity index (χ0) is 52.7. The van der Waals surface area contributed by atoms with Gasteiger partial charge in [0.25, 0.3) is 0 Å². The van der Waals surface area contributed by atoms with Crippen LogP contribution in [0.15, 0.2) is 170 Å². The van der Waals surface area contributed by atoms with Crippen LogP contribution in [0.2, 0.25) is 0 Å². The summed E-state index contributed by atoms with van der Waals surface area (Å²) in [5.41, 5.74) is 23.3. The average Bonchev–Trinajstić information content (AvgIpc) is 3.69. The molecule has 0 spiro atoms. The van der Waals surface area contributed by atoms with Crippen LogP contribution >= 0.6 is 0 Å². The normalized spacial score (nSPS) is 14.7. The highest BCUT2D eigenvalue weighted by Gasteiger charge is 2.42. The summed E-state index contributed by atoms with van der Waals surface area (Å²) in [6.45, 7) is 37.1. The van der Waals surface area contributed by atoms with E-state index in [4.69, 9.17) is 0 Å². The number of anilines is 6. The molecule has 2 aliphatic carbocycles. The van der Waals surface area contributed by atoms with Crippen molar-refractivity contribution in [3.8, 4) is 22.3 Å². The molecular formula is C72H76N2. The lowest BCUT2D eigenvalue weighted by Crippen LogP contribution is -2.19. The van der Waals surface area contributed by atoms with Crippen LogP contribution in [-0.2, 0) is 32.5 Å². The van der Waals surface area contributed by atoms with E-state index in [0.717, 1.165) is 34.1 Å². The second kappa shape index (κ2) is 16.8. The number of hydrogen-bond acceptors (Lipinski definition) is 2. The highest BCUT2D eigenvalue weighted by molar-refractivity contribution is 6.00. The smallest absolute Gasteiger partial charge is 0.0468 e. The Balaban J connectivity index is 0.982. The van der Waals surface area contributed by atoms with Gasteiger partial charge in [-0.25, -0.2) is 0 Å². The van der Waals surface area contributed by atoms with E-state index in [2.05, 4.69) is 290 Å². The molecule has 0 amide bonds. The zero-order valence-corrected chi connectivity index (χ0v) is 47.1. The molecular weight excluding hydrogens is 893 g/mol. The first-order valence-electron chi connectivity index (χ1n) is 27.1. The van der Waals surface area contributed by atoms with E-state index in [1.165, 1.54) is 88.3 Å². The molecule has 0 radical (unpaired) electrons. The van der Waals surface area contributed by atoms with E-state index in [0.29, 0.717) is 0 Å². The first-order chi connectivity index (χ1) is 34.7. The Morgan fingerprint density at radius 2 is 0.486 bits per heavy atom. The van der Waals surface area contributed by atoms with Crippen molar-refractivity contribution >= 4 is 55.7 Å². The van der Waals surface area contributed by atoms with Crippen molar-refractivity contribution in [1.82, 2.24) is 0 Å². The van der Waals surface area contributed by atoms with Gasteiger partial charge in [-0.1, -0.05) is 178 Å². The van der Waals surface area contributed by atoms with E-state index < -0.39 is 0 Å². The third-order valence-electron chi connectivity index (χ3n) is 16.8. The summed E-state index contributed by atoms with van der Waals surface area (Å²) in [5.74, 6) is 0. The molecule has 11 rings (SSSR count). The molecule has 2 nitrogen and oxygen atoms in total. The molecule has 374 valence electrons. The van der Waals surface area contributed by atoms with Crippen LogP contribution in [0.4, 0.5) is 34.1 Å². The lowest BCUT2D eigenvalue weighted by molar-refractivity contribution is 0.590. The van der Waals surface area contributed by atoms with Crippen molar-refractivity contribution in [2.24, 2.45) is 0 Å². The predicted molar refractivity (Wildman–Crippen MR) is 321 cm³/mol. The van der Waals surface area contributed by atoms with Gasteiger partial charge >= 0.3 is 0 Å². The maximum Gasteiger partial charge on any atom is 0.0468 e. The largest absolute Gasteiger partial charge is 0.310 e. The van der Waals surface area contributed by atoms with Gasteiger partial charge in [0.15, 0.2) is 0 Å². The summed E-state index contributed by atoms with van der Waals surface area (Å²) in [4.78, 5) is 4.85. The predicted octanol–water partition coefficient (Wildman–Crippen LogP) is 20.7. The third-order valence-corrected chi connectivity index (χ3v) is 16.8. The van der Waals surface area contributed by atoms with Crippen LogP contribution in [0.1, 0.15) is 155 Å². The highest BCUT2D eigenvalue weighted by atomic mass is 15.1. The van der Waals surface area contributed by atoms with Crippen molar-refractivity contribution in [2.75, 3.05) is 9.80 Å². The van der Waals surface area contributed by atoms with Gasteiger partial charge in [0.1, 0.15) is 0 Å². The molecule has 2 aliphatic rings. The van der Waals surface area contributed by atoms with Gasteiger partial charge in [0.2, 0.25) is 0 Å². The Bertz CT molecular complexity index is 3290. The maximum absolute atomic E-state index is 2.57. The van der Waals surface area contributed by atoms with Crippen LogP contribution in [0.3, 0.4) is 0 Å². The van der Waals surface area contributed by atoms with Gasteiger partial charge in [0, 0.05) is 45.0 Å². The van der Waals surface area contributed by atoms with Gasteiger partial charge in [0.05, 0.1) is 0 Å². The fraction of sp³-hybridized carbons (Fsp3) is 0.306. The first-order valence-corrected chi connectivity index (χ1v) is 27.1. The lowest BCUT2D eigenvalue weighted by atomic mass is 9.77. The fourth-order valence-corrected chi connectivity index (χ4v) is 12.0. The summed E-state index contributed by atoms with van der Waals surface area (Å²) in [5, 5.41) is 5.04. The van der Waals surface area contributed by atoms with Crippen molar-refractivity contribution in [3.05, 3.63) is 214 Å². The lowest BCUT2D eigenvalue weighted by Gasteiger charge is -2.28. The van der Waals surface area contributed by atoms with E-state index >= 15 is 0 Å². The fourth-order valence-electron chi connectivity index (χ4n) is 12.0. The van der Waals surface area contributed by atoms with Crippen LogP contribution in [0.25, 0.3) is 43.8 Å². The number of fused-ring (bicyclic) bond motifs is 8. The molecule has 0 bridgehead atoms. The Morgan fingerprint density at radius 1 is 0.243 bits per heavy atom. The van der Waals surface area contributed by atoms with Crippen LogP contribution < -0.4 is 9.80 Å². The molecule has 0 saturated carbocycles. The van der Waals surface area contributed by atoms with E-state index in [9.17, 15) is 0 Å².